The highest BCUT2D eigenvalue weighted by Crippen LogP contribution is 2.22. The van der Waals surface area contributed by atoms with Crippen LogP contribution in [0.2, 0.25) is 0 Å². The van der Waals surface area contributed by atoms with Crippen molar-refractivity contribution in [3.05, 3.63) is 11.8 Å². The van der Waals surface area contributed by atoms with Gasteiger partial charge in [-0.25, -0.2) is 0 Å². The molecule has 0 saturated carbocycles. The molecule has 0 amide bonds. The first-order valence-electron chi connectivity index (χ1n) is 4.96. The Bertz CT molecular complexity index is 229. The number of nitrogens with one attached hydrogen (secondary N) is 2. The van der Waals surface area contributed by atoms with Gasteiger partial charge in [-0.05, 0) is 37.6 Å². The minimum Gasteiger partial charge on any atom is -0.353 e. The van der Waals surface area contributed by atoms with Gasteiger partial charge in [-0.3, -0.25) is 0 Å². The van der Waals surface area contributed by atoms with Crippen LogP contribution in [0.15, 0.2) is 11.8 Å². The van der Waals surface area contributed by atoms with Crippen LogP contribution >= 0.6 is 12.2 Å². The Labute approximate surface area is 85.8 Å². The van der Waals surface area contributed by atoms with Crippen molar-refractivity contribution in [2.75, 3.05) is 0 Å². The zero-order chi connectivity index (χ0) is 9.90. The molecule has 0 radical (unpaired) electrons. The smallest absolute Gasteiger partial charge is 0.171 e. The van der Waals surface area contributed by atoms with Gasteiger partial charge in [0.15, 0.2) is 5.11 Å². The molecule has 0 aliphatic carbocycles. The van der Waals surface area contributed by atoms with Crippen molar-refractivity contribution in [1.82, 2.24) is 10.6 Å². The highest BCUT2D eigenvalue weighted by Gasteiger charge is 2.28. The number of allylic oxidation sites excluding steroid dienone is 1. The molecule has 0 fully saturated rings. The maximum atomic E-state index is 5.17. The van der Waals surface area contributed by atoms with E-state index in [1.807, 2.05) is 0 Å². The van der Waals surface area contributed by atoms with E-state index >= 15 is 0 Å². The third-order valence-corrected chi connectivity index (χ3v) is 2.93. The van der Waals surface area contributed by atoms with E-state index < -0.39 is 0 Å². The van der Waals surface area contributed by atoms with E-state index in [9.17, 15) is 0 Å². The van der Waals surface area contributed by atoms with Gasteiger partial charge in [0.2, 0.25) is 0 Å². The van der Waals surface area contributed by atoms with E-state index in [4.69, 9.17) is 12.2 Å². The summed E-state index contributed by atoms with van der Waals surface area (Å²) in [4.78, 5) is 0. The average molecular weight is 198 g/mol. The van der Waals surface area contributed by atoms with E-state index in [0.29, 0.717) is 0 Å². The van der Waals surface area contributed by atoms with Gasteiger partial charge in [-0.15, -0.1) is 0 Å². The Morgan fingerprint density at radius 3 is 2.38 bits per heavy atom. The zero-order valence-corrected chi connectivity index (χ0v) is 9.42. The fourth-order valence-electron chi connectivity index (χ4n) is 1.63. The van der Waals surface area contributed by atoms with Crippen molar-refractivity contribution in [1.29, 1.82) is 0 Å². The summed E-state index contributed by atoms with van der Waals surface area (Å²) < 4.78 is 0. The van der Waals surface area contributed by atoms with Gasteiger partial charge >= 0.3 is 0 Å². The molecule has 0 aromatic heterocycles. The molecule has 2 nitrogen and oxygen atoms in total. The second-order valence-corrected chi connectivity index (χ2v) is 3.87. The molecule has 0 saturated heterocycles. The van der Waals surface area contributed by atoms with E-state index in [0.717, 1.165) is 24.4 Å². The summed E-state index contributed by atoms with van der Waals surface area (Å²) in [6.45, 7) is 6.52. The number of hydrogen-bond donors (Lipinski definition) is 2. The van der Waals surface area contributed by atoms with Crippen LogP contribution in [0.3, 0.4) is 0 Å². The molecular formula is C10H18N2S. The van der Waals surface area contributed by atoms with Crippen LogP contribution in [0.5, 0.6) is 0 Å². The molecule has 1 aliphatic rings. The summed E-state index contributed by atoms with van der Waals surface area (Å²) in [5.74, 6) is 0. The van der Waals surface area contributed by atoms with E-state index in [1.165, 1.54) is 5.70 Å². The predicted molar refractivity (Wildman–Crippen MR) is 60.6 cm³/mol. The van der Waals surface area contributed by atoms with Gasteiger partial charge in [0.05, 0.1) is 5.54 Å². The molecule has 1 aliphatic heterocycles. The lowest BCUT2D eigenvalue weighted by atomic mass is 9.90. The molecule has 1 heterocycles. The van der Waals surface area contributed by atoms with Crippen LogP contribution in [0.4, 0.5) is 0 Å². The lowest BCUT2D eigenvalue weighted by Crippen LogP contribution is -2.54. The fourth-order valence-corrected chi connectivity index (χ4v) is 1.96. The summed E-state index contributed by atoms with van der Waals surface area (Å²) >= 11 is 5.17. The second kappa shape index (κ2) is 4.09. The van der Waals surface area contributed by atoms with Crippen molar-refractivity contribution >= 4 is 17.3 Å². The van der Waals surface area contributed by atoms with Crippen molar-refractivity contribution < 1.29 is 0 Å². The first kappa shape index (κ1) is 10.5. The van der Waals surface area contributed by atoms with E-state index in [2.05, 4.69) is 37.5 Å². The van der Waals surface area contributed by atoms with Crippen molar-refractivity contribution in [2.45, 2.75) is 45.6 Å². The van der Waals surface area contributed by atoms with Crippen LogP contribution in [0.1, 0.15) is 40.0 Å². The molecule has 74 valence electrons. The average Bonchev–Trinajstić information content (AvgIpc) is 2.16. The lowest BCUT2D eigenvalue weighted by molar-refractivity contribution is 0.425. The quantitative estimate of drug-likeness (QED) is 0.681. The minimum absolute atomic E-state index is 0.0909. The Hall–Kier alpha value is -0.570. The Morgan fingerprint density at radius 1 is 1.31 bits per heavy atom. The SMILES string of the molecule is CCC1=CC(CC)(CC)NC(=S)N1. The third kappa shape index (κ3) is 2.21. The largest absolute Gasteiger partial charge is 0.353 e. The number of thiocarbonyl (C=S) groups is 1. The first-order chi connectivity index (χ1) is 6.15. The molecule has 0 aromatic carbocycles. The standard InChI is InChI=1S/C10H18N2S/c1-4-8-7-10(5-2,6-3)12-9(13)11-8/h7H,4-6H2,1-3H3,(H2,11,12,13). The second-order valence-electron chi connectivity index (χ2n) is 3.47. The highest BCUT2D eigenvalue weighted by atomic mass is 32.1. The Kier molecular flexibility index (Phi) is 3.31. The summed E-state index contributed by atoms with van der Waals surface area (Å²) in [6.07, 6.45) is 5.45. The molecule has 1 rings (SSSR count). The zero-order valence-electron chi connectivity index (χ0n) is 8.61. The van der Waals surface area contributed by atoms with Gasteiger partial charge in [0.25, 0.3) is 0 Å². The molecule has 0 atom stereocenters. The van der Waals surface area contributed by atoms with Crippen LogP contribution in [0.25, 0.3) is 0 Å². The maximum Gasteiger partial charge on any atom is 0.171 e. The van der Waals surface area contributed by atoms with Crippen molar-refractivity contribution in [2.24, 2.45) is 0 Å². The minimum atomic E-state index is 0.0909. The van der Waals surface area contributed by atoms with E-state index in [1.54, 1.807) is 0 Å². The number of hydrogen-bond acceptors (Lipinski definition) is 1. The molecule has 3 heteroatoms. The Balaban J connectivity index is 2.90. The van der Waals surface area contributed by atoms with E-state index in [-0.39, 0.29) is 5.54 Å². The predicted octanol–water partition coefficient (Wildman–Crippen LogP) is 2.32. The topological polar surface area (TPSA) is 24.1 Å². The summed E-state index contributed by atoms with van der Waals surface area (Å²) in [5, 5.41) is 7.28. The van der Waals surface area contributed by atoms with Crippen LogP contribution in [-0.2, 0) is 0 Å². The lowest BCUT2D eigenvalue weighted by Gasteiger charge is -2.36. The molecule has 13 heavy (non-hydrogen) atoms. The van der Waals surface area contributed by atoms with Gasteiger partial charge < -0.3 is 10.6 Å². The highest BCUT2D eigenvalue weighted by molar-refractivity contribution is 7.80. The monoisotopic (exact) mass is 198 g/mol. The van der Waals surface area contributed by atoms with Gasteiger partial charge in [0.1, 0.15) is 0 Å². The third-order valence-electron chi connectivity index (χ3n) is 2.73. The van der Waals surface area contributed by atoms with Crippen LogP contribution in [0, 0.1) is 0 Å². The van der Waals surface area contributed by atoms with Crippen molar-refractivity contribution in [3.63, 3.8) is 0 Å². The van der Waals surface area contributed by atoms with Gasteiger partial charge in [0, 0.05) is 5.70 Å². The first-order valence-corrected chi connectivity index (χ1v) is 5.37. The summed E-state index contributed by atoms with van der Waals surface area (Å²) in [6, 6.07) is 0. The molecule has 0 aromatic rings. The van der Waals surface area contributed by atoms with Crippen LogP contribution in [-0.4, -0.2) is 10.7 Å². The van der Waals surface area contributed by atoms with Gasteiger partial charge in [-0.2, -0.15) is 0 Å². The fraction of sp³-hybridized carbons (Fsp3) is 0.700. The Morgan fingerprint density at radius 2 is 1.92 bits per heavy atom. The molecule has 0 spiro atoms. The molecule has 2 N–H and O–H groups in total. The summed E-state index contributed by atoms with van der Waals surface area (Å²) in [7, 11) is 0. The van der Waals surface area contributed by atoms with Gasteiger partial charge in [-0.1, -0.05) is 20.8 Å². The maximum absolute atomic E-state index is 5.17. The van der Waals surface area contributed by atoms with Crippen LogP contribution < -0.4 is 10.6 Å². The van der Waals surface area contributed by atoms with Crippen molar-refractivity contribution in [3.8, 4) is 0 Å². The molecular weight excluding hydrogens is 180 g/mol. The normalized spacial score (nSPS) is 20.2. The number of rotatable bonds is 3. The molecule has 0 unspecified atom stereocenters. The summed E-state index contributed by atoms with van der Waals surface area (Å²) in [5.41, 5.74) is 1.33. The molecule has 0 bridgehead atoms.